The molecule has 0 saturated carbocycles. The highest BCUT2D eigenvalue weighted by Gasteiger charge is 2.23. The highest BCUT2D eigenvalue weighted by molar-refractivity contribution is 4.76. The molecular weight excluding hydrogens is 129 g/mol. The summed E-state index contributed by atoms with van der Waals surface area (Å²) in [5.74, 6) is 0.322. The normalized spacial score (nSPS) is 28.2. The second-order valence-electron chi connectivity index (χ2n) is 3.40. The fourth-order valence-electron chi connectivity index (χ4n) is 1.46. The lowest BCUT2D eigenvalue weighted by molar-refractivity contribution is 0.254. The molecule has 0 aromatic carbocycles. The van der Waals surface area contributed by atoms with Crippen molar-refractivity contribution in [2.45, 2.75) is 26.3 Å². The summed E-state index contributed by atoms with van der Waals surface area (Å²) < 4.78 is 12.1. The average Bonchev–Trinajstić information content (AvgIpc) is 2.34. The minimum Gasteiger partial charge on any atom is -0.301 e. The van der Waals surface area contributed by atoms with Crippen molar-refractivity contribution < 1.29 is 4.39 Å². The Kier molecular flexibility index (Phi) is 2.66. The molecule has 1 fully saturated rings. The second kappa shape index (κ2) is 3.33. The summed E-state index contributed by atoms with van der Waals surface area (Å²) in [6.45, 7) is 6.25. The molecule has 1 nitrogen and oxygen atoms in total. The fourth-order valence-corrected chi connectivity index (χ4v) is 1.46. The van der Waals surface area contributed by atoms with E-state index in [-0.39, 0.29) is 6.67 Å². The molecule has 1 saturated heterocycles. The second-order valence-corrected chi connectivity index (χ2v) is 3.40. The third-order valence-electron chi connectivity index (χ3n) is 2.27. The highest BCUT2D eigenvalue weighted by Crippen LogP contribution is 2.18. The summed E-state index contributed by atoms with van der Waals surface area (Å²) in [4.78, 5) is 2.34. The largest absolute Gasteiger partial charge is 0.301 e. The molecule has 0 radical (unpaired) electrons. The Morgan fingerprint density at radius 3 is 2.60 bits per heavy atom. The highest BCUT2D eigenvalue weighted by atomic mass is 19.1. The number of hydrogen-bond donors (Lipinski definition) is 0. The predicted molar refractivity (Wildman–Crippen MR) is 40.8 cm³/mol. The zero-order valence-corrected chi connectivity index (χ0v) is 6.81. The van der Waals surface area contributed by atoms with Crippen LogP contribution in [0.15, 0.2) is 0 Å². The van der Waals surface area contributed by atoms with Gasteiger partial charge in [-0.2, -0.15) is 0 Å². The summed E-state index contributed by atoms with van der Waals surface area (Å²) in [6, 6.07) is 0.594. The molecule has 60 valence electrons. The number of hydrogen-bond acceptors (Lipinski definition) is 1. The van der Waals surface area contributed by atoms with Crippen molar-refractivity contribution in [3.8, 4) is 0 Å². The predicted octanol–water partition coefficient (Wildman–Crippen LogP) is 1.69. The van der Waals surface area contributed by atoms with Crippen molar-refractivity contribution >= 4 is 0 Å². The van der Waals surface area contributed by atoms with Crippen molar-refractivity contribution in [3.63, 3.8) is 0 Å². The first kappa shape index (κ1) is 7.99. The minimum absolute atomic E-state index is 0.136. The van der Waals surface area contributed by atoms with E-state index < -0.39 is 0 Å². The van der Waals surface area contributed by atoms with Gasteiger partial charge >= 0.3 is 0 Å². The van der Waals surface area contributed by atoms with Crippen LogP contribution in [-0.2, 0) is 0 Å². The van der Waals surface area contributed by atoms with Gasteiger partial charge in [0.1, 0.15) is 0 Å². The van der Waals surface area contributed by atoms with Crippen molar-refractivity contribution in [2.75, 3.05) is 19.8 Å². The maximum absolute atomic E-state index is 12.1. The summed E-state index contributed by atoms with van der Waals surface area (Å²) in [5.41, 5.74) is 0. The van der Waals surface area contributed by atoms with E-state index >= 15 is 0 Å². The number of likely N-dealkylation sites (tertiary alicyclic amines) is 1. The first-order valence-corrected chi connectivity index (χ1v) is 4.04. The molecule has 1 unspecified atom stereocenters. The maximum atomic E-state index is 12.1. The number of rotatable bonds is 2. The van der Waals surface area contributed by atoms with Gasteiger partial charge in [0, 0.05) is 18.5 Å². The zero-order chi connectivity index (χ0) is 7.56. The molecular formula is C8H16FN. The van der Waals surface area contributed by atoms with E-state index in [0.29, 0.717) is 12.0 Å². The summed E-state index contributed by atoms with van der Waals surface area (Å²) >= 11 is 0. The molecule has 0 amide bonds. The average molecular weight is 145 g/mol. The standard InChI is InChI=1S/C8H16FN/c1-7(2)10-4-3-8(5-9)6-10/h7-8H,3-6H2,1-2H3. The van der Waals surface area contributed by atoms with E-state index in [0.717, 1.165) is 19.5 Å². The van der Waals surface area contributed by atoms with Crippen LogP contribution in [0.25, 0.3) is 0 Å². The molecule has 1 aliphatic rings. The van der Waals surface area contributed by atoms with Crippen LogP contribution in [0.3, 0.4) is 0 Å². The van der Waals surface area contributed by atoms with Crippen LogP contribution in [0.4, 0.5) is 4.39 Å². The Morgan fingerprint density at radius 2 is 2.30 bits per heavy atom. The molecule has 0 aromatic rings. The van der Waals surface area contributed by atoms with Gasteiger partial charge in [0.15, 0.2) is 0 Å². The summed E-state index contributed by atoms with van der Waals surface area (Å²) in [6.07, 6.45) is 1.05. The number of alkyl halides is 1. The van der Waals surface area contributed by atoms with Gasteiger partial charge in [-0.25, -0.2) is 0 Å². The quantitative estimate of drug-likeness (QED) is 0.571. The molecule has 10 heavy (non-hydrogen) atoms. The Morgan fingerprint density at radius 1 is 1.60 bits per heavy atom. The Bertz CT molecular complexity index is 103. The third-order valence-corrected chi connectivity index (χ3v) is 2.27. The molecule has 0 spiro atoms. The molecule has 0 aliphatic carbocycles. The van der Waals surface area contributed by atoms with Gasteiger partial charge in [-0.15, -0.1) is 0 Å². The molecule has 1 aliphatic heterocycles. The van der Waals surface area contributed by atoms with E-state index in [9.17, 15) is 4.39 Å². The van der Waals surface area contributed by atoms with E-state index in [1.807, 2.05) is 0 Å². The number of halogens is 1. The van der Waals surface area contributed by atoms with Crippen molar-refractivity contribution in [2.24, 2.45) is 5.92 Å². The first-order chi connectivity index (χ1) is 4.74. The van der Waals surface area contributed by atoms with Gasteiger partial charge in [0.25, 0.3) is 0 Å². The van der Waals surface area contributed by atoms with Gasteiger partial charge < -0.3 is 4.90 Å². The first-order valence-electron chi connectivity index (χ1n) is 4.04. The van der Waals surface area contributed by atoms with Crippen LogP contribution >= 0.6 is 0 Å². The van der Waals surface area contributed by atoms with Gasteiger partial charge in [0.2, 0.25) is 0 Å². The molecule has 0 aromatic heterocycles. The van der Waals surface area contributed by atoms with Gasteiger partial charge in [-0.1, -0.05) is 0 Å². The monoisotopic (exact) mass is 145 g/mol. The van der Waals surface area contributed by atoms with Crippen molar-refractivity contribution in [3.05, 3.63) is 0 Å². The van der Waals surface area contributed by atoms with Gasteiger partial charge in [-0.05, 0) is 26.8 Å². The zero-order valence-electron chi connectivity index (χ0n) is 6.81. The van der Waals surface area contributed by atoms with Crippen LogP contribution in [0.2, 0.25) is 0 Å². The van der Waals surface area contributed by atoms with Crippen LogP contribution in [0.1, 0.15) is 20.3 Å². The Labute approximate surface area is 62.2 Å². The molecule has 1 atom stereocenters. The minimum atomic E-state index is -0.136. The Hall–Kier alpha value is -0.110. The molecule has 0 N–H and O–H groups in total. The lowest BCUT2D eigenvalue weighted by atomic mass is 10.1. The number of nitrogens with zero attached hydrogens (tertiary/aromatic N) is 1. The van der Waals surface area contributed by atoms with Gasteiger partial charge in [-0.3, -0.25) is 4.39 Å². The van der Waals surface area contributed by atoms with Gasteiger partial charge in [0.05, 0.1) is 6.67 Å². The molecule has 2 heteroatoms. The van der Waals surface area contributed by atoms with Crippen LogP contribution in [-0.4, -0.2) is 30.7 Å². The van der Waals surface area contributed by atoms with E-state index in [1.54, 1.807) is 0 Å². The maximum Gasteiger partial charge on any atom is 0.0935 e. The topological polar surface area (TPSA) is 3.24 Å². The SMILES string of the molecule is CC(C)N1CCC(CF)C1. The molecule has 0 bridgehead atoms. The third kappa shape index (κ3) is 1.69. The fraction of sp³-hybridized carbons (Fsp3) is 1.00. The Balaban J connectivity index is 2.28. The van der Waals surface area contributed by atoms with E-state index in [2.05, 4.69) is 18.7 Å². The smallest absolute Gasteiger partial charge is 0.0935 e. The van der Waals surface area contributed by atoms with E-state index in [1.165, 1.54) is 0 Å². The van der Waals surface area contributed by atoms with Crippen LogP contribution in [0.5, 0.6) is 0 Å². The van der Waals surface area contributed by atoms with Crippen molar-refractivity contribution in [1.82, 2.24) is 4.90 Å². The van der Waals surface area contributed by atoms with Crippen molar-refractivity contribution in [1.29, 1.82) is 0 Å². The molecule has 1 rings (SSSR count). The molecule has 1 heterocycles. The lowest BCUT2D eigenvalue weighted by Crippen LogP contribution is -2.28. The lowest BCUT2D eigenvalue weighted by Gasteiger charge is -2.19. The van der Waals surface area contributed by atoms with Crippen LogP contribution < -0.4 is 0 Å². The summed E-state index contributed by atoms with van der Waals surface area (Å²) in [5, 5.41) is 0. The van der Waals surface area contributed by atoms with E-state index in [4.69, 9.17) is 0 Å². The van der Waals surface area contributed by atoms with Crippen LogP contribution in [0, 0.1) is 5.92 Å². The summed E-state index contributed by atoms with van der Waals surface area (Å²) in [7, 11) is 0.